The van der Waals surface area contributed by atoms with Crippen LogP contribution >= 0.6 is 11.6 Å². The van der Waals surface area contributed by atoms with Crippen LogP contribution in [-0.2, 0) is 16.5 Å². The molecule has 0 aliphatic carbocycles. The molecular weight excluding hydrogens is 319 g/mol. The second-order valence-electron chi connectivity index (χ2n) is 3.71. The van der Waals surface area contributed by atoms with Gasteiger partial charge < -0.3 is 14.0 Å². The van der Waals surface area contributed by atoms with E-state index in [0.717, 1.165) is 0 Å². The minimum Gasteiger partial charge on any atom is -0.748 e. The van der Waals surface area contributed by atoms with Crippen molar-refractivity contribution < 1.29 is 52.0 Å². The predicted octanol–water partition coefficient (Wildman–Crippen LogP) is -1.98. The summed E-state index contributed by atoms with van der Waals surface area (Å²) in [6.45, 7) is 0. The van der Waals surface area contributed by atoms with Gasteiger partial charge in [-0.2, -0.15) is 9.97 Å². The zero-order chi connectivity index (χ0) is 14.5. The third kappa shape index (κ3) is 6.55. The van der Waals surface area contributed by atoms with E-state index in [1.165, 1.54) is 14.2 Å². The monoisotopic (exact) mass is 332 g/mol. The largest absolute Gasteiger partial charge is 1.00 e. The molecule has 0 saturated carbocycles. The van der Waals surface area contributed by atoms with Gasteiger partial charge in [-0.3, -0.25) is 0 Å². The van der Waals surface area contributed by atoms with Crippen LogP contribution in [0.15, 0.2) is 0 Å². The summed E-state index contributed by atoms with van der Waals surface area (Å²) in [5, 5.41) is 0.189. The number of ether oxygens (including phenoxy) is 2. The van der Waals surface area contributed by atoms with E-state index in [0.29, 0.717) is 18.4 Å². The molecule has 1 rings (SSSR count). The van der Waals surface area contributed by atoms with Gasteiger partial charge in [0.15, 0.2) is 0 Å². The molecule has 0 aliphatic rings. The van der Waals surface area contributed by atoms with Crippen LogP contribution in [0, 0.1) is 0 Å². The second-order valence-corrected chi connectivity index (χ2v) is 5.59. The fourth-order valence-electron chi connectivity index (χ4n) is 1.47. The molecule has 0 aromatic carbocycles. The topological polar surface area (TPSA) is 101 Å². The Morgan fingerprint density at radius 3 is 2.35 bits per heavy atom. The Morgan fingerprint density at radius 2 is 1.85 bits per heavy atom. The van der Waals surface area contributed by atoms with Crippen molar-refractivity contribution >= 4 is 21.7 Å². The Morgan fingerprint density at radius 1 is 1.20 bits per heavy atom. The van der Waals surface area contributed by atoms with Gasteiger partial charge in [0.1, 0.15) is 5.15 Å². The summed E-state index contributed by atoms with van der Waals surface area (Å²) in [7, 11) is -1.34. The smallest absolute Gasteiger partial charge is 0.748 e. The molecule has 0 amide bonds. The number of aromatic nitrogens is 2. The molecule has 0 aliphatic heterocycles. The van der Waals surface area contributed by atoms with E-state index in [1.54, 1.807) is 0 Å². The molecule has 1 aromatic heterocycles. The van der Waals surface area contributed by atoms with Gasteiger partial charge in [0.05, 0.1) is 29.9 Å². The number of unbranched alkanes of at least 4 members (excludes halogenated alkanes) is 1. The summed E-state index contributed by atoms with van der Waals surface area (Å²) in [5.41, 5.74) is 0.563. The van der Waals surface area contributed by atoms with Crippen molar-refractivity contribution in [2.24, 2.45) is 0 Å². The van der Waals surface area contributed by atoms with Gasteiger partial charge >= 0.3 is 35.6 Å². The summed E-state index contributed by atoms with van der Waals surface area (Å²) in [5.74, 6) is -0.119. The van der Waals surface area contributed by atoms with Crippen molar-refractivity contribution in [2.45, 2.75) is 19.3 Å². The first kappa shape index (κ1) is 19.9. The molecular formula is C10H14ClN2NaO5S. The van der Waals surface area contributed by atoms with Crippen LogP contribution in [0.4, 0.5) is 0 Å². The maximum Gasteiger partial charge on any atom is 1.00 e. The molecule has 1 heterocycles. The first-order valence-corrected chi connectivity index (χ1v) is 7.41. The van der Waals surface area contributed by atoms with Gasteiger partial charge in [0, 0.05) is 5.75 Å². The minimum atomic E-state index is -4.18. The Labute approximate surface area is 145 Å². The Balaban J connectivity index is 0.00000361. The van der Waals surface area contributed by atoms with Crippen molar-refractivity contribution in [3.63, 3.8) is 0 Å². The molecule has 108 valence electrons. The summed E-state index contributed by atoms with van der Waals surface area (Å²) in [6.07, 6.45) is 1.13. The van der Waals surface area contributed by atoms with Crippen LogP contribution in [0.5, 0.6) is 11.9 Å². The third-order valence-electron chi connectivity index (χ3n) is 2.35. The molecule has 0 unspecified atom stereocenters. The van der Waals surface area contributed by atoms with E-state index in [-0.39, 0.29) is 53.0 Å². The number of hydrogen-bond acceptors (Lipinski definition) is 7. The molecule has 0 radical (unpaired) electrons. The summed E-state index contributed by atoms with van der Waals surface area (Å²) >= 11 is 5.97. The summed E-state index contributed by atoms with van der Waals surface area (Å²) in [4.78, 5) is 7.88. The van der Waals surface area contributed by atoms with E-state index < -0.39 is 15.9 Å². The number of rotatable bonds is 7. The molecule has 0 saturated heterocycles. The van der Waals surface area contributed by atoms with Crippen LogP contribution in [0.3, 0.4) is 0 Å². The van der Waals surface area contributed by atoms with E-state index in [4.69, 9.17) is 21.1 Å². The van der Waals surface area contributed by atoms with Crippen molar-refractivity contribution in [1.29, 1.82) is 0 Å². The van der Waals surface area contributed by atoms with Crippen LogP contribution in [0.2, 0.25) is 5.15 Å². The van der Waals surface area contributed by atoms with Gasteiger partial charge in [0.2, 0.25) is 5.88 Å². The van der Waals surface area contributed by atoms with Crippen LogP contribution < -0.4 is 39.0 Å². The quantitative estimate of drug-likeness (QED) is 0.247. The first-order chi connectivity index (χ1) is 8.87. The zero-order valence-corrected chi connectivity index (χ0v) is 15.1. The fourth-order valence-corrected chi connectivity index (χ4v) is 2.28. The third-order valence-corrected chi connectivity index (χ3v) is 3.45. The SMILES string of the molecule is COc1nc(Cl)c(CCCCS(=O)(=O)[O-])c(OC)n1.[Na+]. The molecule has 10 heteroatoms. The standard InChI is InChI=1S/C10H15ClN2O5S.Na/c1-17-9-7(5-3-4-6-19(14,15)16)8(11)12-10(13-9)18-2;/h3-6H2,1-2H3,(H,14,15,16);/q;+1/p-1. The van der Waals surface area contributed by atoms with Gasteiger partial charge in [-0.1, -0.05) is 11.6 Å². The molecule has 0 bridgehead atoms. The van der Waals surface area contributed by atoms with Gasteiger partial charge in [-0.15, -0.1) is 0 Å². The van der Waals surface area contributed by atoms with Crippen molar-refractivity contribution in [3.8, 4) is 11.9 Å². The predicted molar refractivity (Wildman–Crippen MR) is 67.6 cm³/mol. The van der Waals surface area contributed by atoms with E-state index in [2.05, 4.69) is 9.97 Å². The van der Waals surface area contributed by atoms with E-state index in [9.17, 15) is 13.0 Å². The van der Waals surface area contributed by atoms with E-state index >= 15 is 0 Å². The van der Waals surface area contributed by atoms with E-state index in [1.807, 2.05) is 0 Å². The average Bonchev–Trinajstić information content (AvgIpc) is 2.34. The Hall–Kier alpha value is -0.120. The summed E-state index contributed by atoms with van der Waals surface area (Å²) in [6, 6.07) is 0.0905. The molecule has 0 fully saturated rings. The molecule has 20 heavy (non-hydrogen) atoms. The van der Waals surface area contributed by atoms with Crippen LogP contribution in [0.1, 0.15) is 18.4 Å². The number of halogens is 1. The number of methoxy groups -OCH3 is 2. The molecule has 0 atom stereocenters. The van der Waals surface area contributed by atoms with Gasteiger partial charge in [0.25, 0.3) is 0 Å². The Bertz CT molecular complexity index is 541. The van der Waals surface area contributed by atoms with Gasteiger partial charge in [-0.25, -0.2) is 8.42 Å². The molecule has 0 spiro atoms. The van der Waals surface area contributed by atoms with Crippen molar-refractivity contribution in [2.75, 3.05) is 20.0 Å². The van der Waals surface area contributed by atoms with Gasteiger partial charge in [-0.05, 0) is 19.3 Å². The Kier molecular flexibility index (Phi) is 8.96. The van der Waals surface area contributed by atoms with Crippen molar-refractivity contribution in [3.05, 3.63) is 10.7 Å². The maximum absolute atomic E-state index is 10.5. The number of hydrogen-bond donors (Lipinski definition) is 0. The first-order valence-electron chi connectivity index (χ1n) is 5.45. The molecule has 7 nitrogen and oxygen atoms in total. The molecule has 1 aromatic rings. The number of nitrogens with zero attached hydrogens (tertiary/aromatic N) is 2. The average molecular weight is 333 g/mol. The molecule has 0 N–H and O–H groups in total. The van der Waals surface area contributed by atoms with Crippen molar-refractivity contribution in [1.82, 2.24) is 9.97 Å². The van der Waals surface area contributed by atoms with Crippen LogP contribution in [-0.4, -0.2) is 42.9 Å². The fraction of sp³-hybridized carbons (Fsp3) is 0.600. The zero-order valence-electron chi connectivity index (χ0n) is 11.6. The summed E-state index contributed by atoms with van der Waals surface area (Å²) < 4.78 is 41.3. The maximum atomic E-state index is 10.5. The van der Waals surface area contributed by atoms with Crippen LogP contribution in [0.25, 0.3) is 0 Å². The minimum absolute atomic E-state index is 0. The second kappa shape index (κ2) is 9.01. The normalized spacial score (nSPS) is 10.8.